The quantitative estimate of drug-likeness (QED) is 0.871. The number of aromatic nitrogens is 2. The predicted molar refractivity (Wildman–Crippen MR) is 75.6 cm³/mol. The maximum absolute atomic E-state index is 4.45. The van der Waals surface area contributed by atoms with E-state index in [9.17, 15) is 0 Å². The minimum atomic E-state index is 0.414. The van der Waals surface area contributed by atoms with Gasteiger partial charge in [-0.1, -0.05) is 6.92 Å². The van der Waals surface area contributed by atoms with Gasteiger partial charge in [-0.15, -0.1) is 0 Å². The molecule has 0 amide bonds. The van der Waals surface area contributed by atoms with Crippen molar-refractivity contribution >= 4 is 0 Å². The minimum absolute atomic E-state index is 0.414. The molecule has 1 atom stereocenters. The van der Waals surface area contributed by atoms with Gasteiger partial charge in [0.1, 0.15) is 5.82 Å². The molecule has 0 aliphatic heterocycles. The largest absolute Gasteiger partial charge is 0.347 e. The zero-order valence-corrected chi connectivity index (χ0v) is 11.8. The normalized spacial score (nSPS) is 41.6. The molecule has 2 N–H and O–H groups in total. The molecule has 1 unspecified atom stereocenters. The van der Waals surface area contributed by atoms with Gasteiger partial charge in [-0.05, 0) is 62.2 Å². The number of nitrogens with one attached hydrogen (secondary N) is 2. The summed E-state index contributed by atoms with van der Waals surface area (Å²) in [6.45, 7) is 2.26. The molecule has 5 rings (SSSR count). The van der Waals surface area contributed by atoms with Crippen molar-refractivity contribution in [2.45, 2.75) is 57.5 Å². The highest BCUT2D eigenvalue weighted by atomic mass is 15.0. The van der Waals surface area contributed by atoms with Crippen LogP contribution in [0, 0.1) is 23.7 Å². The van der Waals surface area contributed by atoms with Crippen molar-refractivity contribution in [3.8, 4) is 0 Å². The first-order valence-electron chi connectivity index (χ1n) is 8.08. The van der Waals surface area contributed by atoms with Crippen molar-refractivity contribution in [3.63, 3.8) is 0 Å². The summed E-state index contributed by atoms with van der Waals surface area (Å²) in [5.41, 5.74) is 0. The Labute approximate surface area is 115 Å². The lowest BCUT2D eigenvalue weighted by atomic mass is 9.54. The molecule has 1 heterocycles. The van der Waals surface area contributed by atoms with E-state index in [-0.39, 0.29) is 0 Å². The van der Waals surface area contributed by atoms with Crippen molar-refractivity contribution in [2.75, 3.05) is 0 Å². The molecule has 0 spiro atoms. The molecular weight excluding hydrogens is 234 g/mol. The fourth-order valence-electron chi connectivity index (χ4n) is 5.29. The van der Waals surface area contributed by atoms with Crippen LogP contribution in [0.2, 0.25) is 0 Å². The zero-order valence-electron chi connectivity index (χ0n) is 11.8. The van der Waals surface area contributed by atoms with Gasteiger partial charge >= 0.3 is 0 Å². The lowest BCUT2D eigenvalue weighted by Crippen LogP contribution is -2.55. The maximum atomic E-state index is 4.45. The molecule has 4 bridgehead atoms. The van der Waals surface area contributed by atoms with Crippen molar-refractivity contribution in [1.29, 1.82) is 0 Å². The molecule has 0 saturated heterocycles. The highest BCUT2D eigenvalue weighted by Crippen LogP contribution is 2.54. The third kappa shape index (κ3) is 2.03. The second-order valence-corrected chi connectivity index (χ2v) is 7.06. The second kappa shape index (κ2) is 4.62. The molecule has 0 radical (unpaired) electrons. The highest BCUT2D eigenvalue weighted by molar-refractivity contribution is 5.04. The molecule has 4 aliphatic carbocycles. The van der Waals surface area contributed by atoms with Crippen LogP contribution >= 0.6 is 0 Å². The molecule has 1 aromatic heterocycles. The Morgan fingerprint density at radius 2 is 1.89 bits per heavy atom. The Kier molecular flexibility index (Phi) is 2.91. The van der Waals surface area contributed by atoms with E-state index in [0.717, 1.165) is 42.0 Å². The summed E-state index contributed by atoms with van der Waals surface area (Å²) in [4.78, 5) is 7.74. The Hall–Kier alpha value is -0.830. The van der Waals surface area contributed by atoms with Gasteiger partial charge in [0.15, 0.2) is 0 Å². The van der Waals surface area contributed by atoms with Crippen LogP contribution in [-0.2, 0) is 0 Å². The van der Waals surface area contributed by atoms with E-state index in [0.29, 0.717) is 6.04 Å². The van der Waals surface area contributed by atoms with Crippen LogP contribution in [-0.4, -0.2) is 16.0 Å². The number of H-pyrrole nitrogens is 1. The third-order valence-corrected chi connectivity index (χ3v) is 5.88. The topological polar surface area (TPSA) is 40.7 Å². The average Bonchev–Trinajstić information content (AvgIpc) is 2.91. The smallest absolute Gasteiger partial charge is 0.123 e. The number of imidazole rings is 1. The summed E-state index contributed by atoms with van der Waals surface area (Å²) < 4.78 is 0. The van der Waals surface area contributed by atoms with Crippen molar-refractivity contribution in [3.05, 3.63) is 18.2 Å². The zero-order chi connectivity index (χ0) is 12.8. The van der Waals surface area contributed by atoms with Crippen LogP contribution in [0.4, 0.5) is 0 Å². The summed E-state index contributed by atoms with van der Waals surface area (Å²) in [7, 11) is 0. The van der Waals surface area contributed by atoms with Crippen molar-refractivity contribution in [1.82, 2.24) is 15.3 Å². The fourth-order valence-corrected chi connectivity index (χ4v) is 5.29. The van der Waals surface area contributed by atoms with E-state index >= 15 is 0 Å². The molecule has 3 nitrogen and oxygen atoms in total. The van der Waals surface area contributed by atoms with E-state index in [1.54, 1.807) is 0 Å². The Morgan fingerprint density at radius 1 is 1.21 bits per heavy atom. The molecule has 104 valence electrons. The number of hydrogen-bond donors (Lipinski definition) is 2. The fraction of sp³-hybridized carbons (Fsp3) is 0.812. The van der Waals surface area contributed by atoms with Gasteiger partial charge in [0.05, 0.1) is 6.04 Å². The lowest BCUT2D eigenvalue weighted by Gasteiger charge is -2.55. The van der Waals surface area contributed by atoms with Gasteiger partial charge in [0, 0.05) is 18.4 Å². The SMILES string of the molecule is CCC(NC1C2CC3CC(C2)CC1C3)c1ncc[nH]1. The second-order valence-electron chi connectivity index (χ2n) is 7.06. The standard InChI is InChI=1S/C16H25N3/c1-2-14(16-17-3-4-18-16)19-15-12-6-10-5-11(8-12)9-13(15)7-10/h3-4,10-15,19H,2,5-9H2,1H3,(H,17,18). The van der Waals surface area contributed by atoms with Gasteiger partial charge in [0.25, 0.3) is 0 Å². The van der Waals surface area contributed by atoms with Crippen LogP contribution in [0.25, 0.3) is 0 Å². The lowest BCUT2D eigenvalue weighted by molar-refractivity contribution is -0.0183. The van der Waals surface area contributed by atoms with Gasteiger partial charge in [-0.25, -0.2) is 4.98 Å². The molecule has 19 heavy (non-hydrogen) atoms. The van der Waals surface area contributed by atoms with Crippen LogP contribution in [0.3, 0.4) is 0 Å². The molecule has 1 aromatic rings. The monoisotopic (exact) mass is 259 g/mol. The Balaban J connectivity index is 1.50. The van der Waals surface area contributed by atoms with E-state index in [1.807, 2.05) is 12.4 Å². The van der Waals surface area contributed by atoms with E-state index in [4.69, 9.17) is 0 Å². The first-order chi connectivity index (χ1) is 9.33. The Bertz CT molecular complexity index is 397. The number of hydrogen-bond acceptors (Lipinski definition) is 2. The Morgan fingerprint density at radius 3 is 2.42 bits per heavy atom. The van der Waals surface area contributed by atoms with Crippen molar-refractivity contribution in [2.24, 2.45) is 23.7 Å². The van der Waals surface area contributed by atoms with Crippen molar-refractivity contribution < 1.29 is 0 Å². The summed E-state index contributed by atoms with van der Waals surface area (Å²) in [5.74, 6) is 5.13. The summed E-state index contributed by atoms with van der Waals surface area (Å²) >= 11 is 0. The molecule has 0 aromatic carbocycles. The molecular formula is C16H25N3. The average molecular weight is 259 g/mol. The first kappa shape index (κ1) is 12.0. The van der Waals surface area contributed by atoms with Gasteiger partial charge in [-0.2, -0.15) is 0 Å². The first-order valence-corrected chi connectivity index (χ1v) is 8.08. The summed E-state index contributed by atoms with van der Waals surface area (Å²) in [5, 5.41) is 3.96. The summed E-state index contributed by atoms with van der Waals surface area (Å²) in [6.07, 6.45) is 12.4. The van der Waals surface area contributed by atoms with Gasteiger partial charge in [-0.3, -0.25) is 0 Å². The number of rotatable bonds is 4. The number of nitrogens with zero attached hydrogens (tertiary/aromatic N) is 1. The predicted octanol–water partition coefficient (Wildman–Crippen LogP) is 3.28. The van der Waals surface area contributed by atoms with Gasteiger partial charge < -0.3 is 10.3 Å². The molecule has 4 aliphatic rings. The van der Waals surface area contributed by atoms with E-state index in [1.165, 1.54) is 32.1 Å². The van der Waals surface area contributed by atoms with E-state index in [2.05, 4.69) is 22.2 Å². The minimum Gasteiger partial charge on any atom is -0.347 e. The number of aromatic amines is 1. The van der Waals surface area contributed by atoms with E-state index < -0.39 is 0 Å². The van der Waals surface area contributed by atoms with Crippen LogP contribution in [0.1, 0.15) is 57.3 Å². The van der Waals surface area contributed by atoms with Crippen LogP contribution in [0.5, 0.6) is 0 Å². The summed E-state index contributed by atoms with van der Waals surface area (Å²) in [6, 6.07) is 1.17. The van der Waals surface area contributed by atoms with Crippen LogP contribution < -0.4 is 5.32 Å². The molecule has 4 fully saturated rings. The van der Waals surface area contributed by atoms with Gasteiger partial charge in [0.2, 0.25) is 0 Å². The maximum Gasteiger partial charge on any atom is 0.123 e. The van der Waals surface area contributed by atoms with Crippen LogP contribution in [0.15, 0.2) is 12.4 Å². The molecule has 3 heteroatoms. The third-order valence-electron chi connectivity index (χ3n) is 5.88. The molecule has 4 saturated carbocycles. The highest BCUT2D eigenvalue weighted by Gasteiger charge is 2.48.